The highest BCUT2D eigenvalue weighted by Gasteiger charge is 2.27. The van der Waals surface area contributed by atoms with Crippen LogP contribution in [0.5, 0.6) is 0 Å². The maximum Gasteiger partial charge on any atom is 0.204 e. The molecule has 4 nitrogen and oxygen atoms in total. The first-order valence-electron chi connectivity index (χ1n) is 13.8. The monoisotopic (exact) mass is 492 g/mol. The molecule has 3 aromatic carbocycles. The van der Waals surface area contributed by atoms with Crippen LogP contribution < -0.4 is 5.72 Å². The first-order valence-corrected chi connectivity index (χ1v) is 13.8. The van der Waals surface area contributed by atoms with Gasteiger partial charge in [0.2, 0.25) is 7.28 Å². The summed E-state index contributed by atoms with van der Waals surface area (Å²) in [6.45, 7) is 4.46. The Kier molecular flexibility index (Phi) is 8.89. The second kappa shape index (κ2) is 12.9. The summed E-state index contributed by atoms with van der Waals surface area (Å²) in [6.07, 6.45) is 6.31. The van der Waals surface area contributed by atoms with Crippen LogP contribution in [0.4, 0.5) is 0 Å². The maximum absolute atomic E-state index is 5.89. The van der Waals surface area contributed by atoms with E-state index in [1.165, 1.54) is 22.4 Å². The van der Waals surface area contributed by atoms with Crippen LogP contribution in [0.1, 0.15) is 43.2 Å². The summed E-state index contributed by atoms with van der Waals surface area (Å²) >= 11 is 0. The molecular formula is C32H37BN2O2. The Balaban J connectivity index is 1.30. The average Bonchev–Trinajstić information content (AvgIpc) is 3.64. The Morgan fingerprint density at radius 3 is 2.05 bits per heavy atom. The summed E-state index contributed by atoms with van der Waals surface area (Å²) in [5.74, 6) is 0.724. The fourth-order valence-electron chi connectivity index (χ4n) is 5.48. The summed E-state index contributed by atoms with van der Waals surface area (Å²) in [6, 6.07) is 32.4. The number of imidazole rings is 1. The molecular weight excluding hydrogens is 455 g/mol. The molecule has 1 aliphatic heterocycles. The van der Waals surface area contributed by atoms with Gasteiger partial charge in [-0.05, 0) is 29.5 Å². The Morgan fingerprint density at radius 1 is 0.865 bits per heavy atom. The van der Waals surface area contributed by atoms with Gasteiger partial charge in [-0.25, -0.2) is 0 Å². The van der Waals surface area contributed by atoms with Crippen molar-refractivity contribution in [1.82, 2.24) is 9.55 Å². The fraction of sp³-hybridized carbons (Fsp3) is 0.344. The molecule has 37 heavy (non-hydrogen) atoms. The first kappa shape index (κ1) is 25.5. The molecule has 0 N–H and O–H groups in total. The molecule has 0 saturated carbocycles. The molecule has 0 bridgehead atoms. The number of hydrogen-bond donors (Lipinski definition) is 0. The lowest BCUT2D eigenvalue weighted by Crippen LogP contribution is -2.33. The van der Waals surface area contributed by atoms with Gasteiger partial charge in [-0.15, -0.1) is 0 Å². The van der Waals surface area contributed by atoms with Gasteiger partial charge >= 0.3 is 0 Å². The van der Waals surface area contributed by atoms with Gasteiger partial charge < -0.3 is 14.0 Å². The molecule has 190 valence electrons. The highest BCUT2D eigenvalue weighted by molar-refractivity contribution is 6.51. The van der Waals surface area contributed by atoms with Crippen molar-refractivity contribution in [2.75, 3.05) is 13.2 Å². The number of hydrogen-bond acceptors (Lipinski definition) is 3. The maximum atomic E-state index is 5.89. The molecule has 1 aromatic heterocycles. The minimum atomic E-state index is -0.124. The number of benzene rings is 3. The van der Waals surface area contributed by atoms with E-state index in [1.54, 1.807) is 0 Å². The number of nitrogens with zero attached hydrogens (tertiary/aromatic N) is 2. The number of aromatic nitrogens is 2. The van der Waals surface area contributed by atoms with Crippen molar-refractivity contribution in [3.63, 3.8) is 0 Å². The highest BCUT2D eigenvalue weighted by Crippen LogP contribution is 2.30. The Labute approximate surface area is 221 Å². The molecule has 1 unspecified atom stereocenters. The van der Waals surface area contributed by atoms with Crippen molar-refractivity contribution in [3.8, 4) is 11.3 Å². The third-order valence-electron chi connectivity index (χ3n) is 7.53. The number of ether oxygens (including phenoxy) is 2. The molecule has 0 radical (unpaired) electrons. The van der Waals surface area contributed by atoms with Gasteiger partial charge in [0, 0.05) is 18.4 Å². The van der Waals surface area contributed by atoms with E-state index in [2.05, 4.69) is 102 Å². The lowest BCUT2D eigenvalue weighted by molar-refractivity contribution is -0.0881. The Bertz CT molecular complexity index is 1170. The summed E-state index contributed by atoms with van der Waals surface area (Å²) in [7, 11) is 0.964. The molecule has 0 amide bonds. The van der Waals surface area contributed by atoms with Crippen LogP contribution in [-0.4, -0.2) is 36.3 Å². The van der Waals surface area contributed by atoms with E-state index in [0.717, 1.165) is 45.1 Å². The zero-order valence-electron chi connectivity index (χ0n) is 21.8. The standard InChI is InChI=1S/C32H37BN2O2/c1-2-25(31-36-21-22-37-31)24-35-30(28-17-10-5-11-18-28)23-34-32(35)33-20-12-19-29(26-13-6-3-7-14-26)27-15-8-4-9-16-27/h3-11,13-18,23,25,29,31,33H,2,12,19-22,24H2,1H3. The van der Waals surface area contributed by atoms with Crippen LogP contribution in [-0.2, 0) is 16.0 Å². The Morgan fingerprint density at radius 2 is 1.46 bits per heavy atom. The second-order valence-corrected chi connectivity index (χ2v) is 9.93. The molecule has 2 heterocycles. The molecule has 1 aliphatic rings. The molecule has 5 rings (SSSR count). The molecule has 5 heteroatoms. The minimum Gasteiger partial charge on any atom is -0.350 e. The van der Waals surface area contributed by atoms with Gasteiger partial charge in [0.05, 0.1) is 30.8 Å². The second-order valence-electron chi connectivity index (χ2n) is 9.93. The normalized spacial score (nSPS) is 14.8. The molecule has 4 aromatic rings. The average molecular weight is 492 g/mol. The largest absolute Gasteiger partial charge is 0.350 e. The van der Waals surface area contributed by atoms with Gasteiger partial charge in [0.25, 0.3) is 0 Å². The Hall–Kier alpha value is -3.15. The quantitative estimate of drug-likeness (QED) is 0.179. The van der Waals surface area contributed by atoms with Crippen molar-refractivity contribution in [2.45, 2.75) is 51.3 Å². The highest BCUT2D eigenvalue weighted by atomic mass is 16.7. The molecule has 1 fully saturated rings. The fourth-order valence-corrected chi connectivity index (χ4v) is 5.48. The SMILES string of the molecule is CCC(Cn1c(-c2ccccc2)cnc1BCCCC(c1ccccc1)c1ccccc1)C1OCCO1. The smallest absolute Gasteiger partial charge is 0.204 e. The van der Waals surface area contributed by atoms with E-state index in [9.17, 15) is 0 Å². The van der Waals surface area contributed by atoms with Crippen LogP contribution in [0.25, 0.3) is 11.3 Å². The summed E-state index contributed by atoms with van der Waals surface area (Å²) in [5.41, 5.74) is 6.33. The minimum absolute atomic E-state index is 0.124. The van der Waals surface area contributed by atoms with Crippen LogP contribution in [0.2, 0.25) is 6.32 Å². The van der Waals surface area contributed by atoms with Gasteiger partial charge in [0.15, 0.2) is 6.29 Å². The zero-order chi connectivity index (χ0) is 25.3. The molecule has 1 atom stereocenters. The van der Waals surface area contributed by atoms with Crippen molar-refractivity contribution in [2.24, 2.45) is 5.92 Å². The van der Waals surface area contributed by atoms with Gasteiger partial charge in [0.1, 0.15) is 0 Å². The van der Waals surface area contributed by atoms with E-state index in [1.807, 2.05) is 6.20 Å². The van der Waals surface area contributed by atoms with E-state index < -0.39 is 0 Å². The lowest BCUT2D eigenvalue weighted by atomic mass is 9.70. The number of rotatable bonds is 12. The summed E-state index contributed by atoms with van der Waals surface area (Å²) in [4.78, 5) is 4.92. The predicted octanol–water partition coefficient (Wildman–Crippen LogP) is 6.04. The lowest BCUT2D eigenvalue weighted by Gasteiger charge is -2.24. The van der Waals surface area contributed by atoms with Crippen molar-refractivity contribution >= 4 is 13.0 Å². The third kappa shape index (κ3) is 6.41. The van der Waals surface area contributed by atoms with E-state index in [-0.39, 0.29) is 6.29 Å². The first-order chi connectivity index (χ1) is 18.3. The van der Waals surface area contributed by atoms with Gasteiger partial charge in [-0.3, -0.25) is 4.98 Å². The molecule has 1 saturated heterocycles. The zero-order valence-corrected chi connectivity index (χ0v) is 21.8. The van der Waals surface area contributed by atoms with Gasteiger partial charge in [-0.2, -0.15) is 0 Å². The summed E-state index contributed by atoms with van der Waals surface area (Å²) in [5, 5.41) is 0. The van der Waals surface area contributed by atoms with E-state index >= 15 is 0 Å². The van der Waals surface area contributed by atoms with Crippen LogP contribution in [0.3, 0.4) is 0 Å². The van der Waals surface area contributed by atoms with E-state index in [4.69, 9.17) is 14.5 Å². The molecule has 0 aliphatic carbocycles. The van der Waals surface area contributed by atoms with E-state index in [0.29, 0.717) is 25.0 Å². The third-order valence-corrected chi connectivity index (χ3v) is 7.53. The molecule has 0 spiro atoms. The predicted molar refractivity (Wildman–Crippen MR) is 153 cm³/mol. The van der Waals surface area contributed by atoms with Crippen molar-refractivity contribution < 1.29 is 9.47 Å². The summed E-state index contributed by atoms with van der Waals surface area (Å²) < 4.78 is 14.2. The van der Waals surface area contributed by atoms with Crippen LogP contribution in [0, 0.1) is 5.92 Å². The van der Waals surface area contributed by atoms with Crippen molar-refractivity contribution in [1.29, 1.82) is 0 Å². The van der Waals surface area contributed by atoms with Crippen molar-refractivity contribution in [3.05, 3.63) is 108 Å². The topological polar surface area (TPSA) is 36.3 Å². The van der Waals surface area contributed by atoms with Crippen LogP contribution in [0.15, 0.2) is 97.2 Å². The van der Waals surface area contributed by atoms with Gasteiger partial charge in [-0.1, -0.05) is 111 Å². The van der Waals surface area contributed by atoms with Crippen LogP contribution >= 0.6 is 0 Å².